The van der Waals surface area contributed by atoms with Gasteiger partial charge in [0.2, 0.25) is 5.96 Å². The first-order chi connectivity index (χ1) is 12.6. The molecule has 0 aliphatic rings. The van der Waals surface area contributed by atoms with Crippen LogP contribution in [0.1, 0.15) is 5.56 Å². The molecule has 0 atom stereocenters. The lowest BCUT2D eigenvalue weighted by atomic mass is 10.1. The van der Waals surface area contributed by atoms with E-state index >= 15 is 0 Å². The van der Waals surface area contributed by atoms with E-state index < -0.39 is 6.03 Å². The summed E-state index contributed by atoms with van der Waals surface area (Å²) in [7, 11) is 0. The van der Waals surface area contributed by atoms with Gasteiger partial charge in [0.05, 0.1) is 11.4 Å². The second-order valence-electron chi connectivity index (χ2n) is 5.41. The fraction of sp³-hybridized carbons (Fsp3) is 0.0556. The number of amides is 2. The molecule has 0 bridgehead atoms. The van der Waals surface area contributed by atoms with Crippen molar-refractivity contribution in [3.8, 4) is 11.3 Å². The molecule has 1 heterocycles. The number of hydrogen-bond donors (Lipinski definition) is 4. The number of aromatic nitrogens is 1. The van der Waals surface area contributed by atoms with Crippen LogP contribution in [0.4, 0.5) is 15.6 Å². The van der Waals surface area contributed by atoms with Gasteiger partial charge in [0.15, 0.2) is 5.13 Å². The Labute approximate surface area is 154 Å². The summed E-state index contributed by atoms with van der Waals surface area (Å²) < 4.78 is 0. The molecule has 0 radical (unpaired) electrons. The first-order valence-corrected chi connectivity index (χ1v) is 8.72. The molecule has 0 saturated carbocycles. The summed E-state index contributed by atoms with van der Waals surface area (Å²) >= 11 is 1.37. The topological polar surface area (TPSA) is 118 Å². The number of carbonyl (C=O) groups is 1. The highest BCUT2D eigenvalue weighted by molar-refractivity contribution is 7.13. The van der Waals surface area contributed by atoms with Crippen LogP contribution >= 0.6 is 11.3 Å². The van der Waals surface area contributed by atoms with Crippen LogP contribution in [0.15, 0.2) is 65.0 Å². The molecule has 132 valence electrons. The van der Waals surface area contributed by atoms with E-state index in [0.717, 1.165) is 16.8 Å². The summed E-state index contributed by atoms with van der Waals surface area (Å²) in [6, 6.07) is 16.5. The summed E-state index contributed by atoms with van der Waals surface area (Å²) in [6.07, 6.45) is 0. The maximum atomic E-state index is 11.9. The molecule has 0 fully saturated rings. The van der Waals surface area contributed by atoms with Gasteiger partial charge in [-0.1, -0.05) is 42.5 Å². The molecule has 6 N–H and O–H groups in total. The number of nitrogens with two attached hydrogens (primary N) is 2. The Morgan fingerprint density at radius 2 is 1.96 bits per heavy atom. The van der Waals surface area contributed by atoms with Crippen LogP contribution in [0.3, 0.4) is 0 Å². The van der Waals surface area contributed by atoms with Crippen LogP contribution in [0.5, 0.6) is 0 Å². The summed E-state index contributed by atoms with van der Waals surface area (Å²) in [5, 5.41) is 7.60. The molecule has 8 heteroatoms. The van der Waals surface area contributed by atoms with Crippen molar-refractivity contribution in [3.05, 3.63) is 65.5 Å². The fourth-order valence-electron chi connectivity index (χ4n) is 2.26. The van der Waals surface area contributed by atoms with Crippen LogP contribution in [-0.4, -0.2) is 17.0 Å². The number of hydrogen-bond acceptors (Lipinski definition) is 5. The van der Waals surface area contributed by atoms with Gasteiger partial charge in [-0.3, -0.25) is 5.32 Å². The van der Waals surface area contributed by atoms with Gasteiger partial charge < -0.3 is 16.8 Å². The number of rotatable bonds is 4. The standard InChI is InChI=1S/C18H18N6OS/c19-16(24-18(25)21-10-12-5-2-1-3-6-12)22-14-8-4-7-13(9-14)15-11-26-17(20)23-15/h1-9,11H,10H2,(H2,20,23)(H4,19,21,22,24,25). The highest BCUT2D eigenvalue weighted by Crippen LogP contribution is 2.26. The molecule has 2 amide bonds. The maximum absolute atomic E-state index is 11.9. The molecular formula is C18H18N6OS. The zero-order chi connectivity index (χ0) is 18.4. The number of aliphatic imine (C=N–C) groups is 1. The molecule has 3 rings (SSSR count). The van der Waals surface area contributed by atoms with E-state index in [4.69, 9.17) is 11.5 Å². The summed E-state index contributed by atoms with van der Waals surface area (Å²) in [4.78, 5) is 20.4. The van der Waals surface area contributed by atoms with Crippen molar-refractivity contribution in [3.63, 3.8) is 0 Å². The SMILES string of the molecule is NC(=Nc1cccc(-c2csc(N)n2)c1)NC(=O)NCc1ccccc1. The lowest BCUT2D eigenvalue weighted by Crippen LogP contribution is -2.42. The number of thiazole rings is 1. The fourth-order valence-corrected chi connectivity index (χ4v) is 2.83. The van der Waals surface area contributed by atoms with E-state index in [0.29, 0.717) is 17.4 Å². The van der Waals surface area contributed by atoms with Gasteiger partial charge in [0.1, 0.15) is 0 Å². The Balaban J connectivity index is 1.61. The lowest BCUT2D eigenvalue weighted by molar-refractivity contribution is 0.245. The molecule has 3 aromatic rings. The molecule has 0 aliphatic carbocycles. The van der Waals surface area contributed by atoms with Crippen LogP contribution in [0.25, 0.3) is 11.3 Å². The second kappa shape index (κ2) is 8.13. The number of nitrogens with zero attached hydrogens (tertiary/aromatic N) is 2. The van der Waals surface area contributed by atoms with Crippen LogP contribution < -0.4 is 22.1 Å². The zero-order valence-electron chi connectivity index (χ0n) is 13.8. The van der Waals surface area contributed by atoms with E-state index in [9.17, 15) is 4.79 Å². The molecule has 0 spiro atoms. The molecule has 0 saturated heterocycles. The van der Waals surface area contributed by atoms with Crippen molar-refractivity contribution in [1.29, 1.82) is 0 Å². The number of nitrogen functional groups attached to an aromatic ring is 1. The Morgan fingerprint density at radius 1 is 1.15 bits per heavy atom. The first-order valence-electron chi connectivity index (χ1n) is 7.84. The number of guanidine groups is 1. The number of urea groups is 1. The molecule has 2 aromatic carbocycles. The van der Waals surface area contributed by atoms with Gasteiger partial charge >= 0.3 is 6.03 Å². The van der Waals surface area contributed by atoms with E-state index in [1.807, 2.05) is 53.9 Å². The Morgan fingerprint density at radius 3 is 2.69 bits per heavy atom. The van der Waals surface area contributed by atoms with Crippen molar-refractivity contribution in [1.82, 2.24) is 15.6 Å². The number of anilines is 1. The van der Waals surface area contributed by atoms with Gasteiger partial charge in [-0.05, 0) is 17.7 Å². The van der Waals surface area contributed by atoms with Crippen molar-refractivity contribution >= 4 is 34.1 Å². The summed E-state index contributed by atoms with van der Waals surface area (Å²) in [6.45, 7) is 0.403. The van der Waals surface area contributed by atoms with Crippen molar-refractivity contribution in [2.75, 3.05) is 5.73 Å². The van der Waals surface area contributed by atoms with Gasteiger partial charge in [0.25, 0.3) is 0 Å². The molecule has 26 heavy (non-hydrogen) atoms. The van der Waals surface area contributed by atoms with Crippen LogP contribution in [0, 0.1) is 0 Å². The van der Waals surface area contributed by atoms with Crippen molar-refractivity contribution in [2.24, 2.45) is 10.7 Å². The third-order valence-corrected chi connectivity index (χ3v) is 4.12. The largest absolute Gasteiger partial charge is 0.375 e. The minimum Gasteiger partial charge on any atom is -0.375 e. The van der Waals surface area contributed by atoms with E-state index in [1.165, 1.54) is 11.3 Å². The number of benzene rings is 2. The third-order valence-electron chi connectivity index (χ3n) is 3.45. The number of nitrogens with one attached hydrogen (secondary N) is 2. The first kappa shape index (κ1) is 17.4. The Kier molecular flexibility index (Phi) is 5.45. The minimum atomic E-state index is -0.418. The summed E-state index contributed by atoms with van der Waals surface area (Å²) in [5.74, 6) is 0.00510. The van der Waals surface area contributed by atoms with Gasteiger partial charge in [-0.25, -0.2) is 14.8 Å². The lowest BCUT2D eigenvalue weighted by Gasteiger charge is -2.07. The molecule has 7 nitrogen and oxygen atoms in total. The van der Waals surface area contributed by atoms with E-state index in [1.54, 1.807) is 6.07 Å². The highest BCUT2D eigenvalue weighted by atomic mass is 32.1. The average Bonchev–Trinajstić information content (AvgIpc) is 3.07. The Bertz CT molecular complexity index is 922. The van der Waals surface area contributed by atoms with E-state index in [-0.39, 0.29) is 5.96 Å². The van der Waals surface area contributed by atoms with Crippen molar-refractivity contribution < 1.29 is 4.79 Å². The maximum Gasteiger partial charge on any atom is 0.321 e. The predicted molar refractivity (Wildman–Crippen MR) is 105 cm³/mol. The zero-order valence-corrected chi connectivity index (χ0v) is 14.7. The second-order valence-corrected chi connectivity index (χ2v) is 6.30. The third kappa shape index (κ3) is 4.81. The molecule has 0 unspecified atom stereocenters. The molecule has 0 aliphatic heterocycles. The van der Waals surface area contributed by atoms with E-state index in [2.05, 4.69) is 20.6 Å². The van der Waals surface area contributed by atoms with Gasteiger partial charge in [0, 0.05) is 17.5 Å². The van der Waals surface area contributed by atoms with Crippen LogP contribution in [0.2, 0.25) is 0 Å². The van der Waals surface area contributed by atoms with Gasteiger partial charge in [-0.2, -0.15) is 0 Å². The minimum absolute atomic E-state index is 0.00510. The monoisotopic (exact) mass is 366 g/mol. The number of carbonyl (C=O) groups excluding carboxylic acids is 1. The van der Waals surface area contributed by atoms with Crippen LogP contribution in [-0.2, 0) is 6.54 Å². The van der Waals surface area contributed by atoms with Crippen molar-refractivity contribution in [2.45, 2.75) is 6.54 Å². The molecular weight excluding hydrogens is 348 g/mol. The molecule has 1 aromatic heterocycles. The summed E-state index contributed by atoms with van der Waals surface area (Å²) in [5.41, 5.74) is 14.7. The quantitative estimate of drug-likeness (QED) is 0.419. The normalized spacial score (nSPS) is 11.2. The average molecular weight is 366 g/mol. The predicted octanol–water partition coefficient (Wildman–Crippen LogP) is 2.84. The Hall–Kier alpha value is -3.39. The highest BCUT2D eigenvalue weighted by Gasteiger charge is 2.05. The van der Waals surface area contributed by atoms with Gasteiger partial charge in [-0.15, -0.1) is 11.3 Å². The smallest absolute Gasteiger partial charge is 0.321 e.